The number of aromatic amines is 2. The van der Waals surface area contributed by atoms with Gasteiger partial charge in [0.1, 0.15) is 54.9 Å². The molecule has 5 rings (SSSR count). The number of rotatable bonds is 24. The number of azide groups is 1. The van der Waals surface area contributed by atoms with E-state index in [-0.39, 0.29) is 101 Å². The van der Waals surface area contributed by atoms with Gasteiger partial charge in [-0.2, -0.15) is 0 Å². The fourth-order valence-corrected chi connectivity index (χ4v) is 10.4. The van der Waals surface area contributed by atoms with Crippen LogP contribution in [0.2, 0.25) is 0 Å². The van der Waals surface area contributed by atoms with E-state index in [1.165, 1.54) is 6.08 Å². The second-order valence-electron chi connectivity index (χ2n) is 23.9. The summed E-state index contributed by atoms with van der Waals surface area (Å²) < 4.78 is 5.03. The van der Waals surface area contributed by atoms with Gasteiger partial charge in [0.25, 0.3) is 0 Å². The number of carbonyl (C=O) groups is 9. The molecule has 0 spiro atoms. The number of carbonyl (C=O) groups excluding carboxylic acids is 9. The molecular formula is C62H90N14O10. The summed E-state index contributed by atoms with van der Waals surface area (Å²) in [5.74, 6) is -6.54. The van der Waals surface area contributed by atoms with Gasteiger partial charge in [0.05, 0.1) is 0 Å². The highest BCUT2D eigenvalue weighted by atomic mass is 16.5. The van der Waals surface area contributed by atoms with Gasteiger partial charge in [0, 0.05) is 65.0 Å². The first-order valence-electron chi connectivity index (χ1n) is 30.1. The van der Waals surface area contributed by atoms with Crippen LogP contribution < -0.4 is 47.9 Å². The van der Waals surface area contributed by atoms with Gasteiger partial charge in [-0.15, -0.1) is 0 Å². The highest BCUT2D eigenvalue weighted by molar-refractivity contribution is 5.99. The molecule has 1 fully saturated rings. The number of alkyl carbamates (subject to hydrolysis) is 1. The third-order valence-electron chi connectivity index (χ3n) is 14.7. The minimum atomic E-state index is -1.34. The lowest BCUT2D eigenvalue weighted by Crippen LogP contribution is -2.62. The number of unbranched alkanes of at least 4 members (excludes halogenated alkanes) is 2. The zero-order chi connectivity index (χ0) is 62.9. The summed E-state index contributed by atoms with van der Waals surface area (Å²) in [6.45, 7) is 18.7. The van der Waals surface area contributed by atoms with Crippen molar-refractivity contribution in [3.05, 3.63) is 95.1 Å². The Balaban J connectivity index is 1.64. The van der Waals surface area contributed by atoms with Crippen LogP contribution >= 0.6 is 0 Å². The van der Waals surface area contributed by atoms with E-state index >= 15 is 0 Å². The molecule has 24 heteroatoms. The van der Waals surface area contributed by atoms with E-state index < -0.39 is 102 Å². The first-order chi connectivity index (χ1) is 41.1. The number of hydrogen-bond donors (Lipinski definition) is 11. The van der Waals surface area contributed by atoms with Gasteiger partial charge in [-0.25, -0.2) is 4.79 Å². The van der Waals surface area contributed by atoms with Gasteiger partial charge >= 0.3 is 6.09 Å². The van der Waals surface area contributed by atoms with E-state index in [0.29, 0.717) is 30.4 Å². The molecule has 2 aromatic carbocycles. The number of benzene rings is 2. The Hall–Kier alpha value is -8.40. The highest BCUT2D eigenvalue weighted by Gasteiger charge is 2.37. The first kappa shape index (κ1) is 68.4. The van der Waals surface area contributed by atoms with E-state index in [1.807, 2.05) is 104 Å². The molecule has 8 atom stereocenters. The van der Waals surface area contributed by atoms with Crippen molar-refractivity contribution in [2.24, 2.45) is 28.8 Å². The predicted molar refractivity (Wildman–Crippen MR) is 329 cm³/mol. The molecule has 4 aromatic rings. The molecular weight excluding hydrogens is 1100 g/mol. The van der Waals surface area contributed by atoms with Crippen LogP contribution in [0, 0.1) is 23.7 Å². The monoisotopic (exact) mass is 1190 g/mol. The van der Waals surface area contributed by atoms with Crippen LogP contribution in [-0.4, -0.2) is 131 Å². The zero-order valence-electron chi connectivity index (χ0n) is 51.0. The number of nitrogens with zero attached hydrogens (tertiary/aromatic N) is 3. The van der Waals surface area contributed by atoms with Crippen LogP contribution in [-0.2, 0) is 55.9 Å². The van der Waals surface area contributed by atoms with Gasteiger partial charge < -0.3 is 62.6 Å². The second-order valence-corrected chi connectivity index (χ2v) is 23.9. The van der Waals surface area contributed by atoms with Crippen LogP contribution in [0.25, 0.3) is 32.2 Å². The van der Waals surface area contributed by atoms with Crippen LogP contribution in [0.5, 0.6) is 0 Å². The number of ether oxygens (including phenoxy) is 1. The molecule has 9 amide bonds. The van der Waals surface area contributed by atoms with Crippen LogP contribution in [0.4, 0.5) is 4.79 Å². The maximum atomic E-state index is 15.0. The average Bonchev–Trinajstić information content (AvgIpc) is 3.07. The topological polar surface area (TPSA) is 351 Å². The highest BCUT2D eigenvalue weighted by Crippen LogP contribution is 2.22. The summed E-state index contributed by atoms with van der Waals surface area (Å²) in [6.07, 6.45) is 5.82. The molecule has 11 N–H and O–H groups in total. The summed E-state index contributed by atoms with van der Waals surface area (Å²) >= 11 is 0. The number of para-hydroxylation sites is 2. The number of nitrogens with one attached hydrogen (secondary N) is 11. The molecule has 0 unspecified atom stereocenters. The Morgan fingerprint density at radius 3 is 1.23 bits per heavy atom. The lowest BCUT2D eigenvalue weighted by Gasteiger charge is -2.30. The molecule has 0 aliphatic carbocycles. The van der Waals surface area contributed by atoms with Crippen LogP contribution in [0.15, 0.2) is 78.7 Å². The second kappa shape index (κ2) is 34.5. The minimum Gasteiger partial charge on any atom is -0.445 e. The van der Waals surface area contributed by atoms with Crippen LogP contribution in [0.3, 0.4) is 0 Å². The third-order valence-corrected chi connectivity index (χ3v) is 14.7. The van der Waals surface area contributed by atoms with Crippen molar-refractivity contribution in [3.8, 4) is 0 Å². The van der Waals surface area contributed by atoms with E-state index in [0.717, 1.165) is 21.8 Å². The van der Waals surface area contributed by atoms with Gasteiger partial charge in [-0.05, 0) is 110 Å². The summed E-state index contributed by atoms with van der Waals surface area (Å²) in [4.78, 5) is 140. The van der Waals surface area contributed by atoms with Gasteiger partial charge in [-0.3, -0.25) is 38.4 Å². The van der Waals surface area contributed by atoms with Gasteiger partial charge in [-0.1, -0.05) is 116 Å². The van der Waals surface area contributed by atoms with Gasteiger partial charge in [0.2, 0.25) is 47.3 Å². The quantitative estimate of drug-likeness (QED) is 0.0126. The van der Waals surface area contributed by atoms with E-state index in [2.05, 4.69) is 74.4 Å². The third kappa shape index (κ3) is 21.9. The number of hydrogen-bond acceptors (Lipinski definition) is 11. The predicted octanol–water partition coefficient (Wildman–Crippen LogP) is 6.07. The summed E-state index contributed by atoms with van der Waals surface area (Å²) in [5.41, 5.74) is 11.9. The number of aromatic nitrogens is 2. The minimum absolute atomic E-state index is 0.000860. The lowest BCUT2D eigenvalue weighted by molar-refractivity contribution is -0.137. The van der Waals surface area contributed by atoms with Crippen molar-refractivity contribution in [3.63, 3.8) is 0 Å². The SMILES string of the molecule is C=CCOC(=O)NCCCC[C@@H]1NC(=O)[C@@H](CC(C)C)NC(=O)[C@H](Cc2c[nH]c3ccccc23)NC(=O)[C@@H](CC(C)C)NC(=O)[C@H](CCCCN=[N+]=[N-])NC(=O)[C@@H](CC(C)C)NC(=O)[C@H](Cc2c[nH]c3ccccc23)NC(=O)[C@@H](CC(C)C)NC1=O. The van der Waals surface area contributed by atoms with Crippen molar-refractivity contribution in [1.29, 1.82) is 0 Å². The number of amides is 9. The molecule has 0 radical (unpaired) electrons. The first-order valence-corrected chi connectivity index (χ1v) is 30.1. The molecule has 468 valence electrons. The molecule has 0 bridgehead atoms. The molecule has 3 heterocycles. The Morgan fingerprint density at radius 2 is 0.860 bits per heavy atom. The molecule has 1 aliphatic heterocycles. The molecule has 2 aromatic heterocycles. The van der Waals surface area contributed by atoms with Crippen molar-refractivity contribution >= 4 is 75.2 Å². The van der Waals surface area contributed by atoms with Crippen molar-refractivity contribution in [2.45, 2.75) is 181 Å². The van der Waals surface area contributed by atoms with Crippen molar-refractivity contribution in [1.82, 2.24) is 57.8 Å². The molecule has 1 aliphatic rings. The average molecular weight is 1190 g/mol. The Bertz CT molecular complexity index is 2910. The Labute approximate surface area is 503 Å². The zero-order valence-corrected chi connectivity index (χ0v) is 51.0. The standard InChI is InChI=1S/C62H90N14O10/c1-10-27-86-62(85)64-25-17-15-23-46-54(77)70-50(30-38(6)7)58(81)74-53(33-41-35-66-45-22-14-12-20-43(41)45)61(84)73-49(29-37(4)5)57(80)69-47(24-16-18-26-67-76-63)55(78)71-51(31-39(8)9)59(82)75-52(32-40-34-65-44-21-13-11-19-42(40)44)60(83)72-48(28-36(2)3)56(79)68-46/h10-14,19-22,34-39,46-53,65-66H,1,15-18,23-33H2,2-9H3,(H,64,85)(H,68,79)(H,69,80)(H,70,77)(H,71,78)(H,72,83)(H,73,84)(H,74,81)(H,75,82)/t46-,47-,48+,49+,50+,51+,52-,53-/m0/s1. The molecule has 1 saturated heterocycles. The van der Waals surface area contributed by atoms with Gasteiger partial charge in [0.15, 0.2) is 0 Å². The van der Waals surface area contributed by atoms with Crippen LogP contribution in [0.1, 0.15) is 131 Å². The number of fused-ring (bicyclic) bond motifs is 2. The van der Waals surface area contributed by atoms with E-state index in [9.17, 15) is 43.2 Å². The maximum Gasteiger partial charge on any atom is 0.407 e. The summed E-state index contributed by atoms with van der Waals surface area (Å²) in [7, 11) is 0. The summed E-state index contributed by atoms with van der Waals surface area (Å²) in [5, 5.41) is 30.8. The Morgan fingerprint density at radius 1 is 0.523 bits per heavy atom. The molecule has 24 nitrogen and oxygen atoms in total. The maximum absolute atomic E-state index is 15.0. The van der Waals surface area contributed by atoms with Crippen molar-refractivity contribution < 1.29 is 47.9 Å². The normalized spacial score (nSPS) is 21.8. The largest absolute Gasteiger partial charge is 0.445 e. The number of H-pyrrole nitrogens is 2. The van der Waals surface area contributed by atoms with Crippen molar-refractivity contribution in [2.75, 3.05) is 19.7 Å². The summed E-state index contributed by atoms with van der Waals surface area (Å²) in [6, 6.07) is 4.55. The lowest BCUT2D eigenvalue weighted by atomic mass is 9.98. The smallest absolute Gasteiger partial charge is 0.407 e. The molecule has 86 heavy (non-hydrogen) atoms. The van der Waals surface area contributed by atoms with E-state index in [4.69, 9.17) is 10.3 Å². The Kier molecular flexibility index (Phi) is 27.5. The fraction of sp³-hybridized carbons (Fsp3) is 0.565. The fourth-order valence-electron chi connectivity index (χ4n) is 10.4. The molecule has 0 saturated carbocycles. The van der Waals surface area contributed by atoms with E-state index in [1.54, 1.807) is 12.4 Å².